The smallest absolute Gasteiger partial charge is 0.276 e. The normalized spacial score (nSPS) is 11.2. The highest BCUT2D eigenvalue weighted by Crippen LogP contribution is 2.32. The fraction of sp³-hybridized carbons (Fsp3) is 0.190. The molecule has 0 aliphatic carbocycles. The number of rotatable bonds is 7. The first kappa shape index (κ1) is 18.9. The maximum absolute atomic E-state index is 6.02. The summed E-state index contributed by atoms with van der Waals surface area (Å²) in [5.74, 6) is 1.25. The van der Waals surface area contributed by atoms with Crippen molar-refractivity contribution >= 4 is 34.3 Å². The molecule has 0 N–H and O–H groups in total. The molecule has 0 atom stereocenters. The minimum absolute atomic E-state index is 0.479. The van der Waals surface area contributed by atoms with Crippen LogP contribution in [0, 0.1) is 0 Å². The average Bonchev–Trinajstić information content (AvgIpc) is 3.20. The molecule has 142 valence electrons. The van der Waals surface area contributed by atoms with Crippen LogP contribution >= 0.6 is 23.4 Å². The SMILES string of the molecule is CCOCCSc1nnc(-c2cc(-c3ccc(Cl)cc3)nc3ccccc23)o1. The summed E-state index contributed by atoms with van der Waals surface area (Å²) < 4.78 is 11.3. The number of para-hydroxylation sites is 1. The van der Waals surface area contributed by atoms with Gasteiger partial charge in [-0.15, -0.1) is 10.2 Å². The molecule has 2 aromatic heterocycles. The number of ether oxygens (including phenoxy) is 1. The van der Waals surface area contributed by atoms with E-state index in [0.29, 0.717) is 29.3 Å². The van der Waals surface area contributed by atoms with Crippen molar-refractivity contribution in [3.05, 3.63) is 59.6 Å². The number of thioether (sulfide) groups is 1. The second kappa shape index (κ2) is 8.73. The predicted molar refractivity (Wildman–Crippen MR) is 113 cm³/mol. The summed E-state index contributed by atoms with van der Waals surface area (Å²) >= 11 is 7.51. The molecule has 0 unspecified atom stereocenters. The molecule has 28 heavy (non-hydrogen) atoms. The van der Waals surface area contributed by atoms with E-state index in [1.54, 1.807) is 0 Å². The lowest BCUT2D eigenvalue weighted by atomic mass is 10.0. The fourth-order valence-corrected chi connectivity index (χ4v) is 3.57. The van der Waals surface area contributed by atoms with E-state index in [1.807, 2.05) is 61.5 Å². The van der Waals surface area contributed by atoms with Crippen LogP contribution in [0.25, 0.3) is 33.6 Å². The van der Waals surface area contributed by atoms with Gasteiger partial charge in [0, 0.05) is 28.3 Å². The number of nitrogens with zero attached hydrogens (tertiary/aromatic N) is 3. The number of aromatic nitrogens is 3. The van der Waals surface area contributed by atoms with Crippen molar-refractivity contribution in [3.8, 4) is 22.7 Å². The molecule has 0 spiro atoms. The third-order valence-corrected chi connectivity index (χ3v) is 5.19. The molecule has 0 radical (unpaired) electrons. The van der Waals surface area contributed by atoms with E-state index in [2.05, 4.69) is 10.2 Å². The summed E-state index contributed by atoms with van der Waals surface area (Å²) in [6, 6.07) is 17.5. The van der Waals surface area contributed by atoms with Crippen LogP contribution in [0.15, 0.2) is 64.2 Å². The van der Waals surface area contributed by atoms with Crippen LogP contribution in [0.4, 0.5) is 0 Å². The van der Waals surface area contributed by atoms with Gasteiger partial charge in [0.25, 0.3) is 5.22 Å². The molecule has 7 heteroatoms. The summed E-state index contributed by atoms with van der Waals surface area (Å²) in [4.78, 5) is 4.78. The van der Waals surface area contributed by atoms with Crippen LogP contribution < -0.4 is 0 Å². The van der Waals surface area contributed by atoms with Gasteiger partial charge in [0.2, 0.25) is 5.89 Å². The van der Waals surface area contributed by atoms with Crippen LogP contribution in [0.5, 0.6) is 0 Å². The lowest BCUT2D eigenvalue weighted by Crippen LogP contribution is -1.95. The van der Waals surface area contributed by atoms with Crippen LogP contribution in [0.2, 0.25) is 5.02 Å². The Hall–Kier alpha value is -2.41. The Kier molecular flexibility index (Phi) is 5.90. The molecule has 2 heterocycles. The monoisotopic (exact) mass is 411 g/mol. The number of benzene rings is 2. The highest BCUT2D eigenvalue weighted by molar-refractivity contribution is 7.99. The molecule has 0 bridgehead atoms. The van der Waals surface area contributed by atoms with E-state index in [-0.39, 0.29) is 0 Å². The first-order valence-electron chi connectivity index (χ1n) is 8.94. The molecule has 2 aromatic carbocycles. The molecule has 0 fully saturated rings. The Balaban J connectivity index is 1.71. The number of hydrogen-bond donors (Lipinski definition) is 0. The minimum Gasteiger partial charge on any atom is -0.411 e. The number of fused-ring (bicyclic) bond motifs is 1. The Bertz CT molecular complexity index is 1080. The Morgan fingerprint density at radius 3 is 2.71 bits per heavy atom. The molecule has 0 amide bonds. The third kappa shape index (κ3) is 4.19. The lowest BCUT2D eigenvalue weighted by Gasteiger charge is -2.07. The van der Waals surface area contributed by atoms with E-state index in [1.165, 1.54) is 11.8 Å². The molecule has 0 aliphatic rings. The molecule has 0 saturated carbocycles. The van der Waals surface area contributed by atoms with Crippen molar-refractivity contribution in [2.45, 2.75) is 12.1 Å². The highest BCUT2D eigenvalue weighted by Gasteiger charge is 2.15. The number of hydrogen-bond acceptors (Lipinski definition) is 6. The lowest BCUT2D eigenvalue weighted by molar-refractivity contribution is 0.164. The summed E-state index contributed by atoms with van der Waals surface area (Å²) in [6.45, 7) is 3.33. The first-order chi connectivity index (χ1) is 13.7. The first-order valence-corrected chi connectivity index (χ1v) is 10.3. The molecule has 0 aliphatic heterocycles. The summed E-state index contributed by atoms with van der Waals surface area (Å²) in [7, 11) is 0. The summed E-state index contributed by atoms with van der Waals surface area (Å²) in [6.07, 6.45) is 0. The van der Waals surface area contributed by atoms with Crippen molar-refractivity contribution in [3.63, 3.8) is 0 Å². The third-order valence-electron chi connectivity index (χ3n) is 4.15. The maximum atomic E-state index is 6.02. The summed E-state index contributed by atoms with van der Waals surface area (Å²) in [5, 5.41) is 10.6. The second-order valence-electron chi connectivity index (χ2n) is 6.00. The quantitative estimate of drug-likeness (QED) is 0.285. The van der Waals surface area contributed by atoms with Gasteiger partial charge in [0.05, 0.1) is 23.4 Å². The van der Waals surface area contributed by atoms with Gasteiger partial charge in [-0.1, -0.05) is 53.7 Å². The van der Waals surface area contributed by atoms with Crippen molar-refractivity contribution in [1.82, 2.24) is 15.2 Å². The zero-order valence-corrected chi connectivity index (χ0v) is 16.8. The zero-order chi connectivity index (χ0) is 19.3. The van der Waals surface area contributed by atoms with Crippen molar-refractivity contribution in [2.75, 3.05) is 19.0 Å². The molecular weight excluding hydrogens is 394 g/mol. The zero-order valence-electron chi connectivity index (χ0n) is 15.3. The average molecular weight is 412 g/mol. The van der Waals surface area contributed by atoms with Crippen molar-refractivity contribution < 1.29 is 9.15 Å². The van der Waals surface area contributed by atoms with Crippen LogP contribution in [0.3, 0.4) is 0 Å². The molecule has 4 aromatic rings. The summed E-state index contributed by atoms with van der Waals surface area (Å²) in [5.41, 5.74) is 3.53. The van der Waals surface area contributed by atoms with E-state index >= 15 is 0 Å². The van der Waals surface area contributed by atoms with Gasteiger partial charge in [0.15, 0.2) is 0 Å². The molecule has 5 nitrogen and oxygen atoms in total. The van der Waals surface area contributed by atoms with Crippen molar-refractivity contribution in [1.29, 1.82) is 0 Å². The van der Waals surface area contributed by atoms with Crippen LogP contribution in [0.1, 0.15) is 6.92 Å². The fourth-order valence-electron chi connectivity index (χ4n) is 2.83. The molecular formula is C21H18ClN3O2S. The van der Waals surface area contributed by atoms with Gasteiger partial charge in [-0.05, 0) is 31.2 Å². The maximum Gasteiger partial charge on any atom is 0.276 e. The van der Waals surface area contributed by atoms with Gasteiger partial charge >= 0.3 is 0 Å². The van der Waals surface area contributed by atoms with Crippen LogP contribution in [-0.2, 0) is 4.74 Å². The number of pyridine rings is 1. The van der Waals surface area contributed by atoms with Crippen molar-refractivity contribution in [2.24, 2.45) is 0 Å². The second-order valence-corrected chi connectivity index (χ2v) is 7.48. The molecule has 4 rings (SSSR count). The van der Waals surface area contributed by atoms with Crippen LogP contribution in [-0.4, -0.2) is 34.1 Å². The Morgan fingerprint density at radius 1 is 1.07 bits per heavy atom. The van der Waals surface area contributed by atoms with E-state index in [4.69, 9.17) is 25.7 Å². The largest absolute Gasteiger partial charge is 0.411 e. The van der Waals surface area contributed by atoms with Gasteiger partial charge in [-0.2, -0.15) is 0 Å². The Morgan fingerprint density at radius 2 is 1.89 bits per heavy atom. The number of halogens is 1. The van der Waals surface area contributed by atoms with E-state index < -0.39 is 0 Å². The molecule has 0 saturated heterocycles. The van der Waals surface area contributed by atoms with Gasteiger partial charge in [-0.3, -0.25) is 0 Å². The van der Waals surface area contributed by atoms with Gasteiger partial charge in [-0.25, -0.2) is 4.98 Å². The van der Waals surface area contributed by atoms with E-state index in [9.17, 15) is 0 Å². The van der Waals surface area contributed by atoms with E-state index in [0.717, 1.165) is 33.5 Å². The topological polar surface area (TPSA) is 61.0 Å². The minimum atomic E-state index is 0.479. The van der Waals surface area contributed by atoms with Gasteiger partial charge in [0.1, 0.15) is 0 Å². The highest BCUT2D eigenvalue weighted by atomic mass is 35.5. The predicted octanol–water partition coefficient (Wildman–Crippen LogP) is 5.73. The standard InChI is InChI=1S/C21H18ClN3O2S/c1-2-26-11-12-28-21-25-24-20(27-21)17-13-19(14-7-9-15(22)10-8-14)23-18-6-4-3-5-16(17)18/h3-10,13H,2,11-12H2,1H3. The van der Waals surface area contributed by atoms with Gasteiger partial charge < -0.3 is 9.15 Å². The Labute approximate surface area is 172 Å².